The molecule has 0 spiro atoms. The first-order valence-electron chi connectivity index (χ1n) is 5.37. The molecule has 5 heteroatoms. The van der Waals surface area contributed by atoms with Gasteiger partial charge in [-0.2, -0.15) is 0 Å². The Hall–Kier alpha value is -1.75. The largest absolute Gasteiger partial charge is 0.504 e. The van der Waals surface area contributed by atoms with Crippen molar-refractivity contribution in [1.82, 2.24) is 0 Å². The highest BCUT2D eigenvalue weighted by Gasteiger charge is 2.17. The molecule has 0 heterocycles. The van der Waals surface area contributed by atoms with Crippen molar-refractivity contribution in [2.75, 3.05) is 0 Å². The van der Waals surface area contributed by atoms with E-state index in [1.807, 2.05) is 0 Å². The average molecular weight is 239 g/mol. The average Bonchev–Trinajstić information content (AvgIpc) is 2.22. The third-order valence-electron chi connectivity index (χ3n) is 2.15. The lowest BCUT2D eigenvalue weighted by Gasteiger charge is -2.14. The molecule has 5 nitrogen and oxygen atoms in total. The highest BCUT2D eigenvalue weighted by Crippen LogP contribution is 2.25. The Bertz CT molecular complexity index is 403. The normalized spacial score (nSPS) is 12.5. The van der Waals surface area contributed by atoms with Gasteiger partial charge in [0.2, 0.25) is 0 Å². The van der Waals surface area contributed by atoms with Crippen LogP contribution in [0, 0.1) is 0 Å². The first-order valence-corrected chi connectivity index (χ1v) is 5.37. The van der Waals surface area contributed by atoms with Crippen molar-refractivity contribution >= 4 is 5.97 Å². The number of phenols is 2. The number of hydrogen-bond donors (Lipinski definition) is 3. The first-order chi connectivity index (χ1) is 7.90. The van der Waals surface area contributed by atoms with Crippen LogP contribution in [0.3, 0.4) is 0 Å². The summed E-state index contributed by atoms with van der Waals surface area (Å²) >= 11 is 0. The highest BCUT2D eigenvalue weighted by molar-refractivity contribution is 5.76. The minimum absolute atomic E-state index is 0.202. The molecule has 0 radical (unpaired) electrons. The maximum atomic E-state index is 11.5. The lowest BCUT2D eigenvalue weighted by Crippen LogP contribution is -2.35. The summed E-state index contributed by atoms with van der Waals surface area (Å²) in [6, 6.07) is 3.54. The molecule has 0 aliphatic heterocycles. The molecular formula is C12H17NO4. The Balaban J connectivity index is 2.64. The van der Waals surface area contributed by atoms with Gasteiger partial charge in [0.15, 0.2) is 11.5 Å². The highest BCUT2D eigenvalue weighted by atomic mass is 16.5. The fourth-order valence-corrected chi connectivity index (χ4v) is 1.35. The summed E-state index contributed by atoms with van der Waals surface area (Å²) < 4.78 is 4.96. The predicted octanol–water partition coefficient (Wildman–Crippen LogP) is 0.919. The summed E-state index contributed by atoms with van der Waals surface area (Å²) in [5.74, 6) is -0.911. The molecule has 0 amide bonds. The molecule has 17 heavy (non-hydrogen) atoms. The van der Waals surface area contributed by atoms with Gasteiger partial charge in [0, 0.05) is 0 Å². The van der Waals surface area contributed by atoms with Gasteiger partial charge in [0.1, 0.15) is 6.04 Å². The summed E-state index contributed by atoms with van der Waals surface area (Å²) in [6.07, 6.45) is 0.0427. The van der Waals surface area contributed by atoms with Gasteiger partial charge in [0.05, 0.1) is 6.10 Å². The number of aromatic hydroxyl groups is 2. The van der Waals surface area contributed by atoms with Crippen LogP contribution in [0.25, 0.3) is 0 Å². The zero-order valence-corrected chi connectivity index (χ0v) is 9.88. The number of benzene rings is 1. The third-order valence-corrected chi connectivity index (χ3v) is 2.15. The topological polar surface area (TPSA) is 92.8 Å². The Labute approximate surface area is 99.8 Å². The second kappa shape index (κ2) is 5.54. The number of carbonyl (C=O) groups excluding carboxylic acids is 1. The molecule has 0 saturated heterocycles. The maximum Gasteiger partial charge on any atom is 0.323 e. The fourth-order valence-electron chi connectivity index (χ4n) is 1.35. The molecule has 0 aliphatic carbocycles. The second-order valence-electron chi connectivity index (χ2n) is 4.12. The lowest BCUT2D eigenvalue weighted by atomic mass is 10.1. The zero-order valence-electron chi connectivity index (χ0n) is 9.88. The Morgan fingerprint density at radius 2 is 2.00 bits per heavy atom. The summed E-state index contributed by atoms with van der Waals surface area (Å²) in [6.45, 7) is 3.49. The molecule has 4 N–H and O–H groups in total. The molecular weight excluding hydrogens is 222 g/mol. The van der Waals surface area contributed by atoms with Crippen LogP contribution in [0.4, 0.5) is 0 Å². The Morgan fingerprint density at radius 1 is 1.35 bits per heavy atom. The van der Waals surface area contributed by atoms with E-state index in [2.05, 4.69) is 0 Å². The summed E-state index contributed by atoms with van der Waals surface area (Å²) in [7, 11) is 0. The van der Waals surface area contributed by atoms with Crippen molar-refractivity contribution in [3.8, 4) is 11.5 Å². The van der Waals surface area contributed by atoms with Crippen LogP contribution in [0.2, 0.25) is 0 Å². The van der Waals surface area contributed by atoms with Crippen LogP contribution in [-0.2, 0) is 16.0 Å². The number of hydrogen-bond acceptors (Lipinski definition) is 5. The van der Waals surface area contributed by atoms with Crippen molar-refractivity contribution in [2.45, 2.75) is 32.4 Å². The van der Waals surface area contributed by atoms with Crippen molar-refractivity contribution in [3.05, 3.63) is 23.8 Å². The van der Waals surface area contributed by atoms with E-state index in [1.165, 1.54) is 12.1 Å². The van der Waals surface area contributed by atoms with Crippen LogP contribution in [-0.4, -0.2) is 28.3 Å². The van der Waals surface area contributed by atoms with Crippen LogP contribution >= 0.6 is 0 Å². The standard InChI is InChI=1S/C12H17NO4/c1-7(2)17-12(16)9(13)5-8-3-4-10(14)11(15)6-8/h3-4,6-7,9,14-15H,5,13H2,1-2H3/t9-/m0/s1. The van der Waals surface area contributed by atoms with E-state index in [9.17, 15) is 9.90 Å². The van der Waals surface area contributed by atoms with Crippen LogP contribution in [0.5, 0.6) is 11.5 Å². The number of ether oxygens (including phenoxy) is 1. The molecule has 1 rings (SSSR count). The van der Waals surface area contributed by atoms with Gasteiger partial charge in [-0.25, -0.2) is 0 Å². The van der Waals surface area contributed by atoms with Crippen molar-refractivity contribution in [3.63, 3.8) is 0 Å². The quantitative estimate of drug-likeness (QED) is 0.536. The molecule has 0 saturated carbocycles. The van der Waals surface area contributed by atoms with Crippen molar-refractivity contribution in [1.29, 1.82) is 0 Å². The number of carbonyl (C=O) groups is 1. The molecule has 1 atom stereocenters. The summed E-state index contributed by atoms with van der Waals surface area (Å²) in [5, 5.41) is 18.4. The van der Waals surface area contributed by atoms with Gasteiger partial charge < -0.3 is 20.7 Å². The van der Waals surface area contributed by atoms with E-state index < -0.39 is 12.0 Å². The molecule has 0 unspecified atom stereocenters. The van der Waals surface area contributed by atoms with Crippen molar-refractivity contribution in [2.24, 2.45) is 5.73 Å². The molecule has 0 aliphatic rings. The van der Waals surface area contributed by atoms with Gasteiger partial charge in [-0.1, -0.05) is 6.07 Å². The van der Waals surface area contributed by atoms with E-state index in [-0.39, 0.29) is 24.0 Å². The van der Waals surface area contributed by atoms with E-state index >= 15 is 0 Å². The monoisotopic (exact) mass is 239 g/mol. The minimum Gasteiger partial charge on any atom is -0.504 e. The number of phenolic OH excluding ortho intramolecular Hbond substituents is 2. The Kier molecular flexibility index (Phi) is 4.34. The smallest absolute Gasteiger partial charge is 0.323 e. The van der Waals surface area contributed by atoms with E-state index in [1.54, 1.807) is 19.9 Å². The van der Waals surface area contributed by atoms with Crippen molar-refractivity contribution < 1.29 is 19.7 Å². The number of esters is 1. The SMILES string of the molecule is CC(C)OC(=O)[C@@H](N)Cc1ccc(O)c(O)c1. The minimum atomic E-state index is -0.777. The van der Waals surface area contributed by atoms with E-state index in [4.69, 9.17) is 15.6 Å². The van der Waals surface area contributed by atoms with Gasteiger partial charge in [0.25, 0.3) is 0 Å². The Morgan fingerprint density at radius 3 is 2.53 bits per heavy atom. The molecule has 1 aromatic rings. The molecule has 0 aromatic heterocycles. The van der Waals surface area contributed by atoms with Gasteiger partial charge in [-0.05, 0) is 38.0 Å². The maximum absolute atomic E-state index is 11.5. The molecule has 0 fully saturated rings. The van der Waals surface area contributed by atoms with Crippen LogP contribution < -0.4 is 5.73 Å². The first kappa shape index (κ1) is 13.3. The van der Waals surface area contributed by atoms with Gasteiger partial charge in [-0.3, -0.25) is 4.79 Å². The van der Waals surface area contributed by atoms with Crippen LogP contribution in [0.15, 0.2) is 18.2 Å². The van der Waals surface area contributed by atoms with Gasteiger partial charge >= 0.3 is 5.97 Å². The molecule has 1 aromatic carbocycles. The second-order valence-corrected chi connectivity index (χ2v) is 4.12. The van der Waals surface area contributed by atoms with Gasteiger partial charge in [-0.15, -0.1) is 0 Å². The number of rotatable bonds is 4. The lowest BCUT2D eigenvalue weighted by molar-refractivity contribution is -0.148. The van der Waals surface area contributed by atoms with E-state index in [0.717, 1.165) is 0 Å². The summed E-state index contributed by atoms with van der Waals surface area (Å²) in [5.41, 5.74) is 6.33. The number of nitrogens with two attached hydrogens (primary N) is 1. The van der Waals surface area contributed by atoms with E-state index in [0.29, 0.717) is 5.56 Å². The fraction of sp³-hybridized carbons (Fsp3) is 0.417. The molecule has 0 bridgehead atoms. The zero-order chi connectivity index (χ0) is 13.0. The van der Waals surface area contributed by atoms with Crippen LogP contribution in [0.1, 0.15) is 19.4 Å². The molecule has 94 valence electrons. The third kappa shape index (κ3) is 3.96. The predicted molar refractivity (Wildman–Crippen MR) is 62.7 cm³/mol. The summed E-state index contributed by atoms with van der Waals surface area (Å²) in [4.78, 5) is 11.5.